The Hall–Kier alpha value is -1.64. The van der Waals surface area contributed by atoms with Crippen LogP contribution in [0.1, 0.15) is 16.8 Å². The fraction of sp³-hybridized carbons (Fsp3) is 0.273. The molecule has 0 saturated heterocycles. The van der Waals surface area contributed by atoms with Crippen LogP contribution >= 0.6 is 0 Å². The smallest absolute Gasteiger partial charge is 0.0677 e. The van der Waals surface area contributed by atoms with Crippen LogP contribution in [0.4, 0.5) is 0 Å². The summed E-state index contributed by atoms with van der Waals surface area (Å²) in [7, 11) is 0. The summed E-state index contributed by atoms with van der Waals surface area (Å²) in [5.41, 5.74) is 3.55. The summed E-state index contributed by atoms with van der Waals surface area (Å²) in [6.45, 7) is 4.90. The highest BCUT2D eigenvalue weighted by Crippen LogP contribution is 2.05. The van der Waals surface area contributed by atoms with Crippen molar-refractivity contribution in [2.24, 2.45) is 0 Å². The lowest BCUT2D eigenvalue weighted by Gasteiger charge is -2.04. The molecule has 0 unspecified atom stereocenters. The maximum Gasteiger partial charge on any atom is 0.0677 e. The van der Waals surface area contributed by atoms with Crippen molar-refractivity contribution in [1.29, 1.82) is 0 Å². The van der Waals surface area contributed by atoms with E-state index in [0.717, 1.165) is 6.54 Å². The van der Waals surface area contributed by atoms with E-state index >= 15 is 0 Å². The van der Waals surface area contributed by atoms with Gasteiger partial charge in [0.05, 0.1) is 6.54 Å². The highest BCUT2D eigenvalue weighted by Gasteiger charge is 1.99. The van der Waals surface area contributed by atoms with E-state index in [0.29, 0.717) is 0 Å². The Morgan fingerprint density at radius 1 is 1.29 bits per heavy atom. The Morgan fingerprint density at radius 2 is 2.14 bits per heavy atom. The van der Waals surface area contributed by atoms with E-state index in [1.165, 1.54) is 16.8 Å². The third-order valence-corrected chi connectivity index (χ3v) is 2.19. The number of hydrogen-bond acceptors (Lipinski definition) is 2. The van der Waals surface area contributed by atoms with Crippen molar-refractivity contribution in [3.8, 4) is 0 Å². The van der Waals surface area contributed by atoms with Crippen LogP contribution in [0.5, 0.6) is 0 Å². The van der Waals surface area contributed by atoms with Gasteiger partial charge in [-0.15, -0.1) is 0 Å². The zero-order valence-corrected chi connectivity index (χ0v) is 8.44. The molecule has 0 saturated carbocycles. The zero-order valence-electron chi connectivity index (χ0n) is 8.44. The largest absolute Gasteiger partial charge is 0.265 e. The third kappa shape index (κ3) is 1.82. The molecule has 0 radical (unpaired) electrons. The van der Waals surface area contributed by atoms with Crippen LogP contribution in [-0.4, -0.2) is 14.8 Å². The Kier molecular flexibility index (Phi) is 2.31. The number of pyridine rings is 1. The van der Waals surface area contributed by atoms with Crippen LogP contribution in [0, 0.1) is 13.8 Å². The fourth-order valence-electron chi connectivity index (χ4n) is 1.44. The SMILES string of the molecule is Cc1cncc(Cn2nccc2C)c1. The molecule has 0 aliphatic heterocycles. The monoisotopic (exact) mass is 187 g/mol. The molecule has 0 spiro atoms. The van der Waals surface area contributed by atoms with Crippen molar-refractivity contribution in [3.05, 3.63) is 47.5 Å². The van der Waals surface area contributed by atoms with Crippen LogP contribution in [0.3, 0.4) is 0 Å². The minimum atomic E-state index is 0.799. The summed E-state index contributed by atoms with van der Waals surface area (Å²) >= 11 is 0. The summed E-state index contributed by atoms with van der Waals surface area (Å²) in [4.78, 5) is 4.15. The van der Waals surface area contributed by atoms with Crippen molar-refractivity contribution in [3.63, 3.8) is 0 Å². The van der Waals surface area contributed by atoms with Crippen molar-refractivity contribution < 1.29 is 0 Å². The normalized spacial score (nSPS) is 10.4. The van der Waals surface area contributed by atoms with Crippen molar-refractivity contribution in [1.82, 2.24) is 14.8 Å². The van der Waals surface area contributed by atoms with Crippen LogP contribution in [0.25, 0.3) is 0 Å². The minimum Gasteiger partial charge on any atom is -0.265 e. The molecule has 2 aromatic heterocycles. The van der Waals surface area contributed by atoms with Crippen molar-refractivity contribution in [2.75, 3.05) is 0 Å². The number of aryl methyl sites for hydroxylation is 2. The molecule has 72 valence electrons. The second kappa shape index (κ2) is 3.62. The minimum absolute atomic E-state index is 0.799. The maximum absolute atomic E-state index is 4.23. The van der Waals surface area contributed by atoms with Crippen LogP contribution in [-0.2, 0) is 6.54 Å². The first-order chi connectivity index (χ1) is 6.75. The van der Waals surface area contributed by atoms with Crippen molar-refractivity contribution >= 4 is 0 Å². The van der Waals surface area contributed by atoms with Gasteiger partial charge in [-0.3, -0.25) is 9.67 Å². The summed E-state index contributed by atoms with van der Waals surface area (Å²) < 4.78 is 1.97. The molecule has 0 aliphatic rings. The van der Waals surface area contributed by atoms with Crippen LogP contribution in [0.2, 0.25) is 0 Å². The van der Waals surface area contributed by atoms with Gasteiger partial charge in [0.15, 0.2) is 0 Å². The highest BCUT2D eigenvalue weighted by atomic mass is 15.3. The average Bonchev–Trinajstić information content (AvgIpc) is 2.52. The van der Waals surface area contributed by atoms with E-state index in [2.05, 4.69) is 23.1 Å². The van der Waals surface area contributed by atoms with Gasteiger partial charge < -0.3 is 0 Å². The maximum atomic E-state index is 4.23. The van der Waals surface area contributed by atoms with Gasteiger partial charge in [0.2, 0.25) is 0 Å². The van der Waals surface area contributed by atoms with Crippen molar-refractivity contribution in [2.45, 2.75) is 20.4 Å². The molecule has 3 heteroatoms. The standard InChI is InChI=1S/C11H13N3/c1-9-5-11(7-12-6-9)8-14-10(2)3-4-13-14/h3-7H,8H2,1-2H3. The first-order valence-corrected chi connectivity index (χ1v) is 4.64. The van der Waals surface area contributed by atoms with E-state index < -0.39 is 0 Å². The summed E-state index contributed by atoms with van der Waals surface area (Å²) in [6.07, 6.45) is 5.56. The molecular formula is C11H13N3. The van der Waals surface area contributed by atoms with Gasteiger partial charge in [0, 0.05) is 24.3 Å². The Labute approximate surface area is 83.4 Å². The van der Waals surface area contributed by atoms with E-state index in [1.54, 1.807) is 0 Å². The second-order valence-corrected chi connectivity index (χ2v) is 3.50. The highest BCUT2D eigenvalue weighted by molar-refractivity contribution is 5.17. The molecule has 2 rings (SSSR count). The molecule has 14 heavy (non-hydrogen) atoms. The average molecular weight is 187 g/mol. The van der Waals surface area contributed by atoms with Crippen LogP contribution in [0.15, 0.2) is 30.7 Å². The van der Waals surface area contributed by atoms with E-state index in [-0.39, 0.29) is 0 Å². The number of aromatic nitrogens is 3. The molecule has 2 heterocycles. The molecule has 0 amide bonds. The number of rotatable bonds is 2. The molecule has 0 aliphatic carbocycles. The summed E-state index contributed by atoms with van der Waals surface area (Å²) in [5.74, 6) is 0. The lowest BCUT2D eigenvalue weighted by molar-refractivity contribution is 0.663. The molecule has 0 N–H and O–H groups in total. The first kappa shape index (κ1) is 8.94. The molecule has 0 aromatic carbocycles. The molecular weight excluding hydrogens is 174 g/mol. The van der Waals surface area contributed by atoms with Gasteiger partial charge in [-0.2, -0.15) is 5.10 Å². The summed E-state index contributed by atoms with van der Waals surface area (Å²) in [5, 5.41) is 4.23. The van der Waals surface area contributed by atoms with E-state index in [1.807, 2.05) is 36.3 Å². The molecule has 3 nitrogen and oxygen atoms in total. The topological polar surface area (TPSA) is 30.7 Å². The summed E-state index contributed by atoms with van der Waals surface area (Å²) in [6, 6.07) is 4.14. The number of nitrogens with zero attached hydrogens (tertiary/aromatic N) is 3. The molecule has 0 atom stereocenters. The van der Waals surface area contributed by atoms with Gasteiger partial charge in [0.1, 0.15) is 0 Å². The van der Waals surface area contributed by atoms with Gasteiger partial charge in [-0.25, -0.2) is 0 Å². The predicted molar refractivity (Wildman–Crippen MR) is 55.0 cm³/mol. The Bertz CT molecular complexity index is 432. The van der Waals surface area contributed by atoms with Crippen LogP contribution < -0.4 is 0 Å². The molecule has 2 aromatic rings. The third-order valence-electron chi connectivity index (χ3n) is 2.19. The van der Waals surface area contributed by atoms with Gasteiger partial charge in [-0.1, -0.05) is 6.07 Å². The van der Waals surface area contributed by atoms with Gasteiger partial charge in [0.25, 0.3) is 0 Å². The van der Waals surface area contributed by atoms with E-state index in [9.17, 15) is 0 Å². The fourth-order valence-corrected chi connectivity index (χ4v) is 1.44. The Balaban J connectivity index is 2.23. The first-order valence-electron chi connectivity index (χ1n) is 4.64. The quantitative estimate of drug-likeness (QED) is 0.719. The number of hydrogen-bond donors (Lipinski definition) is 0. The zero-order chi connectivity index (χ0) is 9.97. The van der Waals surface area contributed by atoms with Gasteiger partial charge >= 0.3 is 0 Å². The lowest BCUT2D eigenvalue weighted by atomic mass is 10.2. The lowest BCUT2D eigenvalue weighted by Crippen LogP contribution is -2.03. The Morgan fingerprint density at radius 3 is 2.79 bits per heavy atom. The van der Waals surface area contributed by atoms with Gasteiger partial charge in [-0.05, 0) is 31.0 Å². The molecule has 0 bridgehead atoms. The van der Waals surface area contributed by atoms with E-state index in [4.69, 9.17) is 0 Å². The second-order valence-electron chi connectivity index (χ2n) is 3.50. The molecule has 0 fully saturated rings. The predicted octanol–water partition coefficient (Wildman–Crippen LogP) is 1.94.